The minimum absolute atomic E-state index is 0. The summed E-state index contributed by atoms with van der Waals surface area (Å²) in [5.74, 6) is 0. The molecule has 0 aromatic heterocycles. The number of rotatable bonds is 16. The van der Waals surface area contributed by atoms with E-state index in [1.807, 2.05) is 12.1 Å². The topological polar surface area (TPSA) is 138 Å². The summed E-state index contributed by atoms with van der Waals surface area (Å²) in [6, 6.07) is 11.6. The SMILES string of the molecule is CCCCCCCCCc1[c-]cccc1.CCCCCCCCOS(=O)(=O)O.O=S(=O)(O)O.[H-].[H-].[Na+].[Na+].[Na+]. The summed E-state index contributed by atoms with van der Waals surface area (Å²) in [4.78, 5) is 0. The van der Waals surface area contributed by atoms with Gasteiger partial charge in [-0.05, 0) is 6.42 Å². The van der Waals surface area contributed by atoms with Gasteiger partial charge in [0.2, 0.25) is 0 Å². The number of hydrogen-bond acceptors (Lipinski definition) is 5. The van der Waals surface area contributed by atoms with E-state index in [0.29, 0.717) is 6.42 Å². The standard InChI is InChI=1S/C15H23.C8H18O4S.3Na.H2O4S.2H/c1-2-3-4-5-6-7-9-12-15-13-10-8-11-14-15;1-2-3-4-5-6-7-8-12-13(9,10)11;;;;1-5(2,3)4;;/h8,10-11,13H,2-7,9,12H2,1H3;2-8H2,1H3,(H,9,10,11);;;;(H2,1,2,3,4);;/q-1;;3*+1;;2*-1. The van der Waals surface area contributed by atoms with E-state index in [-0.39, 0.29) is 98.1 Å². The van der Waals surface area contributed by atoms with Crippen LogP contribution in [0.3, 0.4) is 0 Å². The molecule has 200 valence electrons. The molecule has 0 aliphatic rings. The first-order valence-electron chi connectivity index (χ1n) is 11.8. The summed E-state index contributed by atoms with van der Waals surface area (Å²) in [6.07, 6.45) is 17.3. The van der Waals surface area contributed by atoms with Crippen LogP contribution < -0.4 is 88.7 Å². The average molecular weight is 583 g/mol. The molecule has 0 radical (unpaired) electrons. The monoisotopic (exact) mass is 582 g/mol. The van der Waals surface area contributed by atoms with Gasteiger partial charge in [-0.25, -0.2) is 4.18 Å². The zero-order valence-corrected chi connectivity index (χ0v) is 30.7. The Morgan fingerprint density at radius 3 is 1.53 bits per heavy atom. The van der Waals surface area contributed by atoms with Gasteiger partial charge in [-0.2, -0.15) is 52.7 Å². The summed E-state index contributed by atoms with van der Waals surface area (Å²) in [7, 11) is -8.89. The van der Waals surface area contributed by atoms with E-state index in [4.69, 9.17) is 22.1 Å². The van der Waals surface area contributed by atoms with Crippen LogP contribution in [0.2, 0.25) is 0 Å². The van der Waals surface area contributed by atoms with Crippen LogP contribution in [-0.2, 0) is 31.4 Å². The molecule has 8 nitrogen and oxygen atoms in total. The van der Waals surface area contributed by atoms with E-state index >= 15 is 0 Å². The fourth-order valence-corrected chi connectivity index (χ4v) is 3.23. The maximum absolute atomic E-state index is 10.1. The molecule has 0 aliphatic heterocycles. The van der Waals surface area contributed by atoms with Crippen molar-refractivity contribution in [1.29, 1.82) is 0 Å². The van der Waals surface area contributed by atoms with Gasteiger partial charge >= 0.3 is 109 Å². The van der Waals surface area contributed by atoms with Gasteiger partial charge in [-0.15, -0.1) is 0 Å². The zero-order valence-electron chi connectivity index (χ0n) is 25.1. The van der Waals surface area contributed by atoms with Gasteiger partial charge in [-0.1, -0.05) is 97.3 Å². The number of unbranched alkanes of at least 4 members (excludes halogenated alkanes) is 11. The normalized spacial score (nSPS) is 10.2. The van der Waals surface area contributed by atoms with Gasteiger partial charge < -0.3 is 2.85 Å². The van der Waals surface area contributed by atoms with E-state index in [0.717, 1.165) is 12.8 Å². The van der Waals surface area contributed by atoms with Crippen LogP contribution in [0.4, 0.5) is 0 Å². The van der Waals surface area contributed by atoms with Gasteiger partial charge in [0.25, 0.3) is 0 Å². The molecule has 0 fully saturated rings. The van der Waals surface area contributed by atoms with Crippen LogP contribution >= 0.6 is 0 Å². The zero-order chi connectivity index (χ0) is 25.4. The molecule has 36 heavy (non-hydrogen) atoms. The van der Waals surface area contributed by atoms with Crippen LogP contribution in [0.15, 0.2) is 24.3 Å². The Labute approximate surface area is 289 Å². The fraction of sp³-hybridized carbons (Fsp3) is 0.739. The van der Waals surface area contributed by atoms with Crippen molar-refractivity contribution in [1.82, 2.24) is 0 Å². The minimum atomic E-state index is -4.67. The quantitative estimate of drug-likeness (QED) is 0.0844. The van der Waals surface area contributed by atoms with Crippen LogP contribution in [-0.4, -0.2) is 37.1 Å². The van der Waals surface area contributed by atoms with Gasteiger partial charge in [0.15, 0.2) is 0 Å². The third-order valence-electron chi connectivity index (χ3n) is 4.55. The Balaban J connectivity index is -0.0000000777. The number of benzene rings is 1. The second kappa shape index (κ2) is 33.2. The van der Waals surface area contributed by atoms with Crippen molar-refractivity contribution in [3.8, 4) is 0 Å². The summed E-state index contributed by atoms with van der Waals surface area (Å²) < 4.78 is 64.2. The van der Waals surface area contributed by atoms with Crippen molar-refractivity contribution in [2.24, 2.45) is 0 Å². The third-order valence-corrected chi connectivity index (χ3v) is 5.02. The summed E-state index contributed by atoms with van der Waals surface area (Å²) in [6.45, 7) is 4.50. The van der Waals surface area contributed by atoms with Gasteiger partial charge in [0, 0.05) is 0 Å². The van der Waals surface area contributed by atoms with Gasteiger partial charge in [0.05, 0.1) is 6.61 Å². The Bertz CT molecular complexity index is 753. The average Bonchev–Trinajstić information content (AvgIpc) is 2.72. The Morgan fingerprint density at radius 1 is 0.722 bits per heavy atom. The molecule has 0 bridgehead atoms. The maximum atomic E-state index is 10.1. The van der Waals surface area contributed by atoms with E-state index in [1.54, 1.807) is 0 Å². The predicted octanol–water partition coefficient (Wildman–Crippen LogP) is -2.47. The second-order valence-corrected chi connectivity index (χ2v) is 9.71. The Hall–Kier alpha value is 1.96. The van der Waals surface area contributed by atoms with Crippen LogP contribution in [0, 0.1) is 6.07 Å². The van der Waals surface area contributed by atoms with Crippen molar-refractivity contribution in [3.05, 3.63) is 35.9 Å². The first-order chi connectivity index (χ1) is 15.5. The minimum Gasteiger partial charge on any atom is -1.00 e. The molecule has 1 aromatic rings. The molecule has 13 heteroatoms. The number of hydrogen-bond donors (Lipinski definition) is 3. The molecule has 0 unspecified atom stereocenters. The summed E-state index contributed by atoms with van der Waals surface area (Å²) in [5, 5.41) is 0. The molecule has 0 atom stereocenters. The molecule has 0 spiro atoms. The summed E-state index contributed by atoms with van der Waals surface area (Å²) >= 11 is 0. The van der Waals surface area contributed by atoms with E-state index in [1.165, 1.54) is 76.2 Å². The van der Waals surface area contributed by atoms with E-state index < -0.39 is 20.8 Å². The van der Waals surface area contributed by atoms with Crippen molar-refractivity contribution in [2.75, 3.05) is 6.61 Å². The largest absolute Gasteiger partial charge is 1.00 e. The first kappa shape index (κ1) is 47.7. The Kier molecular flexibility index (Phi) is 44.0. The van der Waals surface area contributed by atoms with Crippen molar-refractivity contribution >= 4 is 20.8 Å². The molecule has 0 heterocycles. The van der Waals surface area contributed by atoms with Gasteiger partial charge in [-0.3, -0.25) is 13.7 Å². The molecule has 0 aliphatic carbocycles. The van der Waals surface area contributed by atoms with E-state index in [9.17, 15) is 8.42 Å². The number of aryl methyl sites for hydroxylation is 1. The van der Waals surface area contributed by atoms with Crippen molar-refractivity contribution in [2.45, 2.75) is 104 Å². The van der Waals surface area contributed by atoms with Crippen LogP contribution in [0.25, 0.3) is 0 Å². The Morgan fingerprint density at radius 2 is 1.14 bits per heavy atom. The molecular weight excluding hydrogens is 537 g/mol. The molecule has 3 N–H and O–H groups in total. The summed E-state index contributed by atoms with van der Waals surface area (Å²) in [5.41, 5.74) is 1.37. The predicted molar refractivity (Wildman–Crippen MR) is 134 cm³/mol. The van der Waals surface area contributed by atoms with Crippen molar-refractivity contribution in [3.63, 3.8) is 0 Å². The maximum Gasteiger partial charge on any atom is 1.00 e. The molecule has 0 amide bonds. The molecule has 1 aromatic carbocycles. The molecular formula is C23H45Na3O8S2. The third kappa shape index (κ3) is 52.4. The molecule has 0 saturated carbocycles. The van der Waals surface area contributed by atoms with Gasteiger partial charge in [0.1, 0.15) is 0 Å². The fourth-order valence-electron chi connectivity index (χ4n) is 2.91. The van der Waals surface area contributed by atoms with Crippen LogP contribution in [0.1, 0.15) is 106 Å². The van der Waals surface area contributed by atoms with Crippen molar-refractivity contribution < 1.29 is 126 Å². The molecule has 1 rings (SSSR count). The second-order valence-electron chi connectivity index (χ2n) is 7.72. The van der Waals surface area contributed by atoms with E-state index in [2.05, 4.69) is 36.2 Å². The smallest absolute Gasteiger partial charge is 1.00 e. The molecule has 0 saturated heterocycles. The first-order valence-corrected chi connectivity index (χ1v) is 14.5. The van der Waals surface area contributed by atoms with Crippen LogP contribution in [0.5, 0.6) is 0 Å².